The molecule has 0 bridgehead atoms. The zero-order chi connectivity index (χ0) is 14.0. The summed E-state index contributed by atoms with van der Waals surface area (Å²) in [5.41, 5.74) is 0.833. The quantitative estimate of drug-likeness (QED) is 0.787. The molecule has 2 heterocycles. The van der Waals surface area contributed by atoms with Crippen molar-refractivity contribution in [2.24, 2.45) is 11.3 Å². The SMILES string of the molecule is CC(C)(C)C1CCN(C(=O)c2cnccc2Cl)CC1. The van der Waals surface area contributed by atoms with Gasteiger partial charge in [-0.15, -0.1) is 0 Å². The fraction of sp³-hybridized carbons (Fsp3) is 0.600. The molecule has 1 amide bonds. The molecule has 3 nitrogen and oxygen atoms in total. The van der Waals surface area contributed by atoms with E-state index in [1.807, 2.05) is 4.90 Å². The molecule has 0 unspecified atom stereocenters. The zero-order valence-corrected chi connectivity index (χ0v) is 12.6. The van der Waals surface area contributed by atoms with Crippen molar-refractivity contribution in [3.05, 3.63) is 29.0 Å². The van der Waals surface area contributed by atoms with Crippen LogP contribution in [0.1, 0.15) is 44.0 Å². The lowest BCUT2D eigenvalue weighted by Crippen LogP contribution is -2.41. The van der Waals surface area contributed by atoms with Gasteiger partial charge in [-0.1, -0.05) is 32.4 Å². The first-order chi connectivity index (χ1) is 8.89. The van der Waals surface area contributed by atoms with E-state index >= 15 is 0 Å². The van der Waals surface area contributed by atoms with Gasteiger partial charge in [0.05, 0.1) is 10.6 Å². The first-order valence-electron chi connectivity index (χ1n) is 6.78. The highest BCUT2D eigenvalue weighted by Crippen LogP contribution is 2.34. The lowest BCUT2D eigenvalue weighted by atomic mass is 9.75. The van der Waals surface area contributed by atoms with Gasteiger partial charge in [0.2, 0.25) is 0 Å². The number of carbonyl (C=O) groups excluding carboxylic acids is 1. The largest absolute Gasteiger partial charge is 0.339 e. The summed E-state index contributed by atoms with van der Waals surface area (Å²) >= 11 is 6.05. The zero-order valence-electron chi connectivity index (χ0n) is 11.8. The highest BCUT2D eigenvalue weighted by Gasteiger charge is 2.31. The second-order valence-corrected chi connectivity index (χ2v) is 6.70. The molecule has 0 radical (unpaired) electrons. The molecular formula is C15H21ClN2O. The molecule has 104 valence electrons. The fourth-order valence-electron chi connectivity index (χ4n) is 2.65. The molecule has 1 aromatic rings. The maximum atomic E-state index is 12.4. The van der Waals surface area contributed by atoms with Gasteiger partial charge in [-0.3, -0.25) is 9.78 Å². The van der Waals surface area contributed by atoms with Gasteiger partial charge in [-0.25, -0.2) is 0 Å². The van der Waals surface area contributed by atoms with Crippen LogP contribution < -0.4 is 0 Å². The van der Waals surface area contributed by atoms with Gasteiger partial charge in [-0.05, 0) is 30.2 Å². The Kier molecular flexibility index (Phi) is 4.14. The van der Waals surface area contributed by atoms with Crippen LogP contribution in [0.15, 0.2) is 18.5 Å². The summed E-state index contributed by atoms with van der Waals surface area (Å²) in [4.78, 5) is 18.3. The van der Waals surface area contributed by atoms with Crippen molar-refractivity contribution < 1.29 is 4.79 Å². The molecular weight excluding hydrogens is 260 g/mol. The number of hydrogen-bond donors (Lipinski definition) is 0. The van der Waals surface area contributed by atoms with Crippen LogP contribution in [0.25, 0.3) is 0 Å². The van der Waals surface area contributed by atoms with Gasteiger partial charge in [0.1, 0.15) is 0 Å². The molecule has 0 spiro atoms. The first-order valence-corrected chi connectivity index (χ1v) is 7.16. The van der Waals surface area contributed by atoms with Gasteiger partial charge >= 0.3 is 0 Å². The van der Waals surface area contributed by atoms with Gasteiger partial charge < -0.3 is 4.90 Å². The van der Waals surface area contributed by atoms with Crippen molar-refractivity contribution in [2.45, 2.75) is 33.6 Å². The fourth-order valence-corrected chi connectivity index (χ4v) is 2.84. The van der Waals surface area contributed by atoms with E-state index in [-0.39, 0.29) is 5.91 Å². The number of likely N-dealkylation sites (tertiary alicyclic amines) is 1. The Balaban J connectivity index is 2.03. The molecule has 0 N–H and O–H groups in total. The summed E-state index contributed by atoms with van der Waals surface area (Å²) in [6.07, 6.45) is 5.28. The lowest BCUT2D eigenvalue weighted by Gasteiger charge is -2.38. The van der Waals surface area contributed by atoms with E-state index in [4.69, 9.17) is 11.6 Å². The summed E-state index contributed by atoms with van der Waals surface area (Å²) in [6.45, 7) is 8.44. The third kappa shape index (κ3) is 3.27. The maximum absolute atomic E-state index is 12.4. The molecule has 1 aliphatic heterocycles. The molecule has 1 aliphatic rings. The summed E-state index contributed by atoms with van der Waals surface area (Å²) in [6, 6.07) is 1.66. The third-order valence-electron chi connectivity index (χ3n) is 4.01. The van der Waals surface area contributed by atoms with Gasteiger partial charge in [0.15, 0.2) is 0 Å². The minimum atomic E-state index is 0.00505. The molecule has 1 fully saturated rings. The van der Waals surface area contributed by atoms with Crippen LogP contribution in [0.2, 0.25) is 5.02 Å². The highest BCUT2D eigenvalue weighted by molar-refractivity contribution is 6.33. The van der Waals surface area contributed by atoms with Crippen LogP contribution >= 0.6 is 11.6 Å². The summed E-state index contributed by atoms with van der Waals surface area (Å²) in [5, 5.41) is 0.484. The number of nitrogens with zero attached hydrogens (tertiary/aromatic N) is 2. The van der Waals surface area contributed by atoms with Crippen LogP contribution in [0, 0.1) is 11.3 Å². The molecule has 1 aromatic heterocycles. The average Bonchev–Trinajstić information content (AvgIpc) is 2.38. The molecule has 0 aliphatic carbocycles. The maximum Gasteiger partial charge on any atom is 0.256 e. The summed E-state index contributed by atoms with van der Waals surface area (Å²) in [7, 11) is 0. The Labute approximate surface area is 120 Å². The average molecular weight is 281 g/mol. The predicted octanol–water partition coefficient (Wildman–Crippen LogP) is 3.63. The number of amides is 1. The van der Waals surface area contributed by atoms with Crippen LogP contribution in [-0.4, -0.2) is 28.9 Å². The van der Waals surface area contributed by atoms with Crippen LogP contribution in [0.3, 0.4) is 0 Å². The molecule has 2 rings (SSSR count). The van der Waals surface area contributed by atoms with Crippen molar-refractivity contribution in [1.82, 2.24) is 9.88 Å². The van der Waals surface area contributed by atoms with Crippen molar-refractivity contribution >= 4 is 17.5 Å². The number of aromatic nitrogens is 1. The van der Waals surface area contributed by atoms with Crippen molar-refractivity contribution in [3.63, 3.8) is 0 Å². The van der Waals surface area contributed by atoms with E-state index in [9.17, 15) is 4.79 Å². The monoisotopic (exact) mass is 280 g/mol. The topological polar surface area (TPSA) is 33.2 Å². The summed E-state index contributed by atoms with van der Waals surface area (Å²) in [5.74, 6) is 0.686. The van der Waals surface area contributed by atoms with E-state index in [0.717, 1.165) is 25.9 Å². The van der Waals surface area contributed by atoms with Crippen molar-refractivity contribution in [3.8, 4) is 0 Å². The molecule has 0 atom stereocenters. The predicted molar refractivity (Wildman–Crippen MR) is 77.3 cm³/mol. The van der Waals surface area contributed by atoms with E-state index in [1.54, 1.807) is 18.5 Å². The van der Waals surface area contributed by atoms with E-state index in [2.05, 4.69) is 25.8 Å². The number of rotatable bonds is 1. The second-order valence-electron chi connectivity index (χ2n) is 6.29. The Morgan fingerprint density at radius 1 is 1.37 bits per heavy atom. The number of piperidine rings is 1. The Bertz CT molecular complexity index is 459. The molecule has 19 heavy (non-hydrogen) atoms. The standard InChI is InChI=1S/C15H21ClN2O/c1-15(2,3)11-5-8-18(9-6-11)14(19)12-10-17-7-4-13(12)16/h4,7,10-11H,5-6,8-9H2,1-3H3. The first kappa shape index (κ1) is 14.3. The number of carbonyl (C=O) groups is 1. The lowest BCUT2D eigenvalue weighted by molar-refractivity contribution is 0.0608. The highest BCUT2D eigenvalue weighted by atomic mass is 35.5. The minimum Gasteiger partial charge on any atom is -0.339 e. The molecule has 0 aromatic carbocycles. The normalized spacial score (nSPS) is 17.6. The third-order valence-corrected chi connectivity index (χ3v) is 4.33. The van der Waals surface area contributed by atoms with E-state index in [0.29, 0.717) is 21.9 Å². The number of pyridine rings is 1. The molecule has 4 heteroatoms. The van der Waals surface area contributed by atoms with Crippen LogP contribution in [0.5, 0.6) is 0 Å². The molecule has 0 saturated carbocycles. The molecule has 1 saturated heterocycles. The Hall–Kier alpha value is -1.09. The minimum absolute atomic E-state index is 0.00505. The number of hydrogen-bond acceptors (Lipinski definition) is 2. The smallest absolute Gasteiger partial charge is 0.256 e. The van der Waals surface area contributed by atoms with Crippen molar-refractivity contribution in [2.75, 3.05) is 13.1 Å². The van der Waals surface area contributed by atoms with Crippen LogP contribution in [0.4, 0.5) is 0 Å². The van der Waals surface area contributed by atoms with Gasteiger partial charge in [0, 0.05) is 25.5 Å². The van der Waals surface area contributed by atoms with E-state index in [1.165, 1.54) is 0 Å². The van der Waals surface area contributed by atoms with Crippen molar-refractivity contribution in [1.29, 1.82) is 0 Å². The van der Waals surface area contributed by atoms with E-state index < -0.39 is 0 Å². The van der Waals surface area contributed by atoms with Gasteiger partial charge in [0.25, 0.3) is 5.91 Å². The van der Waals surface area contributed by atoms with Gasteiger partial charge in [-0.2, -0.15) is 0 Å². The summed E-state index contributed by atoms with van der Waals surface area (Å²) < 4.78 is 0. The van der Waals surface area contributed by atoms with Crippen LogP contribution in [-0.2, 0) is 0 Å². The Morgan fingerprint density at radius 3 is 2.53 bits per heavy atom. The Morgan fingerprint density at radius 2 is 2.00 bits per heavy atom. The number of halogens is 1. The second kappa shape index (κ2) is 5.49.